The Morgan fingerprint density at radius 2 is 1.83 bits per heavy atom. The van der Waals surface area contributed by atoms with Gasteiger partial charge in [-0.15, -0.1) is 0 Å². The minimum Gasteiger partial charge on any atom is -0.444 e. The van der Waals surface area contributed by atoms with Crippen molar-refractivity contribution in [2.45, 2.75) is 65.5 Å². The Bertz CT molecular complexity index is 311. The predicted octanol–water partition coefficient (Wildman–Crippen LogP) is 2.90. The van der Waals surface area contributed by atoms with Gasteiger partial charge in [-0.2, -0.15) is 0 Å². The molecule has 1 saturated carbocycles. The third-order valence-corrected chi connectivity index (χ3v) is 3.09. The second-order valence-corrected chi connectivity index (χ2v) is 6.51. The highest BCUT2D eigenvalue weighted by Gasteiger charge is 2.33. The van der Waals surface area contributed by atoms with E-state index in [0.29, 0.717) is 18.1 Å². The van der Waals surface area contributed by atoms with Crippen LogP contribution in [0.15, 0.2) is 0 Å². The summed E-state index contributed by atoms with van der Waals surface area (Å²) in [6, 6.07) is 0.171. The SMILES string of the molecule is CC(C)C(=O)CC1CC(NC(=O)OC(C)(C)C)C1. The minimum atomic E-state index is -0.457. The Morgan fingerprint density at radius 1 is 1.28 bits per heavy atom. The maximum Gasteiger partial charge on any atom is 0.407 e. The molecular weight excluding hydrogens is 230 g/mol. The zero-order chi connectivity index (χ0) is 13.9. The number of alkyl carbamates (subject to hydrolysis) is 1. The molecule has 0 spiro atoms. The van der Waals surface area contributed by atoms with E-state index in [0.717, 1.165) is 12.8 Å². The maximum atomic E-state index is 11.6. The standard InChI is InChI=1S/C14H25NO3/c1-9(2)12(16)8-10-6-11(7-10)15-13(17)18-14(3,4)5/h9-11H,6-8H2,1-5H3,(H,15,17). The predicted molar refractivity (Wildman–Crippen MR) is 70.3 cm³/mol. The zero-order valence-corrected chi connectivity index (χ0v) is 12.1. The topological polar surface area (TPSA) is 55.4 Å². The van der Waals surface area contributed by atoms with Crippen molar-refractivity contribution in [2.24, 2.45) is 11.8 Å². The number of ketones is 1. The first-order valence-electron chi connectivity index (χ1n) is 6.69. The number of nitrogens with one attached hydrogen (secondary N) is 1. The molecule has 1 N–H and O–H groups in total. The Labute approximate surface area is 109 Å². The van der Waals surface area contributed by atoms with Crippen LogP contribution in [0.2, 0.25) is 0 Å². The minimum absolute atomic E-state index is 0.114. The van der Waals surface area contributed by atoms with Gasteiger partial charge in [0.05, 0.1) is 0 Å². The van der Waals surface area contributed by atoms with E-state index >= 15 is 0 Å². The smallest absolute Gasteiger partial charge is 0.407 e. The quantitative estimate of drug-likeness (QED) is 0.840. The number of Topliss-reactive ketones (excluding diaryl/α,β-unsaturated/α-hetero) is 1. The monoisotopic (exact) mass is 255 g/mol. The van der Waals surface area contributed by atoms with Crippen molar-refractivity contribution in [3.05, 3.63) is 0 Å². The fourth-order valence-electron chi connectivity index (χ4n) is 2.01. The van der Waals surface area contributed by atoms with Crippen molar-refractivity contribution in [2.75, 3.05) is 0 Å². The van der Waals surface area contributed by atoms with Crippen molar-refractivity contribution in [1.82, 2.24) is 5.32 Å². The molecule has 1 aliphatic rings. The van der Waals surface area contributed by atoms with Crippen LogP contribution in [0.5, 0.6) is 0 Å². The molecule has 1 rings (SSSR count). The number of hydrogen-bond donors (Lipinski definition) is 1. The molecule has 0 aromatic heterocycles. The summed E-state index contributed by atoms with van der Waals surface area (Å²) in [4.78, 5) is 23.0. The highest BCUT2D eigenvalue weighted by molar-refractivity contribution is 5.80. The Hall–Kier alpha value is -1.06. The van der Waals surface area contributed by atoms with Gasteiger partial charge in [-0.25, -0.2) is 4.79 Å². The largest absolute Gasteiger partial charge is 0.444 e. The van der Waals surface area contributed by atoms with Crippen molar-refractivity contribution in [3.8, 4) is 0 Å². The lowest BCUT2D eigenvalue weighted by atomic mass is 9.76. The molecule has 0 aromatic carbocycles. The van der Waals surface area contributed by atoms with Crippen molar-refractivity contribution in [1.29, 1.82) is 0 Å². The van der Waals surface area contributed by atoms with Crippen LogP contribution in [-0.2, 0) is 9.53 Å². The molecule has 4 nitrogen and oxygen atoms in total. The van der Waals surface area contributed by atoms with Gasteiger partial charge < -0.3 is 10.1 Å². The van der Waals surface area contributed by atoms with Gasteiger partial charge in [-0.3, -0.25) is 4.79 Å². The molecule has 18 heavy (non-hydrogen) atoms. The van der Waals surface area contributed by atoms with Crippen LogP contribution in [0, 0.1) is 11.8 Å². The fraction of sp³-hybridized carbons (Fsp3) is 0.857. The number of hydrogen-bond acceptors (Lipinski definition) is 3. The lowest BCUT2D eigenvalue weighted by Crippen LogP contribution is -2.46. The second-order valence-electron chi connectivity index (χ2n) is 6.51. The normalized spacial score (nSPS) is 23.4. The molecular formula is C14H25NO3. The maximum absolute atomic E-state index is 11.6. The van der Waals surface area contributed by atoms with Crippen LogP contribution in [0.3, 0.4) is 0 Å². The molecule has 0 aromatic rings. The summed E-state index contributed by atoms with van der Waals surface area (Å²) < 4.78 is 5.18. The molecule has 0 radical (unpaired) electrons. The van der Waals surface area contributed by atoms with Crippen molar-refractivity contribution in [3.63, 3.8) is 0 Å². The lowest BCUT2D eigenvalue weighted by molar-refractivity contribution is -0.123. The Morgan fingerprint density at radius 3 is 2.28 bits per heavy atom. The number of ether oxygens (including phenoxy) is 1. The molecule has 4 heteroatoms. The van der Waals surface area contributed by atoms with Crippen LogP contribution in [0.4, 0.5) is 4.79 Å². The van der Waals surface area contributed by atoms with Gasteiger partial charge in [-0.05, 0) is 39.5 Å². The number of carbonyl (C=O) groups excluding carboxylic acids is 2. The molecule has 0 aliphatic heterocycles. The molecule has 0 saturated heterocycles. The zero-order valence-electron chi connectivity index (χ0n) is 12.1. The average molecular weight is 255 g/mol. The highest BCUT2D eigenvalue weighted by Crippen LogP contribution is 2.31. The summed E-state index contributed by atoms with van der Waals surface area (Å²) in [5.74, 6) is 0.860. The third-order valence-electron chi connectivity index (χ3n) is 3.09. The summed E-state index contributed by atoms with van der Waals surface area (Å²) in [6.45, 7) is 9.39. The molecule has 0 unspecified atom stereocenters. The second kappa shape index (κ2) is 5.72. The van der Waals surface area contributed by atoms with Gasteiger partial charge in [-0.1, -0.05) is 13.8 Å². The average Bonchev–Trinajstić information content (AvgIpc) is 2.10. The van der Waals surface area contributed by atoms with E-state index in [1.54, 1.807) is 0 Å². The van der Waals surface area contributed by atoms with Crippen molar-refractivity contribution < 1.29 is 14.3 Å². The van der Waals surface area contributed by atoms with Gasteiger partial charge >= 0.3 is 6.09 Å². The van der Waals surface area contributed by atoms with E-state index in [2.05, 4.69) is 5.32 Å². The molecule has 1 fully saturated rings. The van der Waals surface area contributed by atoms with Gasteiger partial charge in [0.15, 0.2) is 0 Å². The summed E-state index contributed by atoms with van der Waals surface area (Å²) in [5, 5.41) is 2.83. The van der Waals surface area contributed by atoms with Crippen LogP contribution in [0.25, 0.3) is 0 Å². The third kappa shape index (κ3) is 5.07. The van der Waals surface area contributed by atoms with E-state index in [-0.39, 0.29) is 18.1 Å². The number of rotatable bonds is 4. The van der Waals surface area contributed by atoms with E-state index < -0.39 is 5.60 Å². The number of amides is 1. The molecule has 1 amide bonds. The molecule has 0 atom stereocenters. The van der Waals surface area contributed by atoms with Crippen molar-refractivity contribution >= 4 is 11.9 Å². The van der Waals surface area contributed by atoms with E-state index in [4.69, 9.17) is 4.74 Å². The van der Waals surface area contributed by atoms with Crippen LogP contribution in [-0.4, -0.2) is 23.5 Å². The van der Waals surface area contributed by atoms with Crippen LogP contribution < -0.4 is 5.32 Å². The summed E-state index contributed by atoms with van der Waals surface area (Å²) in [7, 11) is 0. The van der Waals surface area contributed by atoms with Gasteiger partial charge in [0.25, 0.3) is 0 Å². The summed E-state index contributed by atoms with van der Waals surface area (Å²) in [6.07, 6.45) is 2.06. The van der Waals surface area contributed by atoms with Crippen LogP contribution >= 0.6 is 0 Å². The first kappa shape index (κ1) is 15.0. The Balaban J connectivity index is 2.19. The molecule has 1 aliphatic carbocycles. The van der Waals surface area contributed by atoms with E-state index in [1.165, 1.54) is 0 Å². The summed E-state index contributed by atoms with van der Waals surface area (Å²) >= 11 is 0. The lowest BCUT2D eigenvalue weighted by Gasteiger charge is -2.36. The van der Waals surface area contributed by atoms with Crippen LogP contribution in [0.1, 0.15) is 53.9 Å². The molecule has 0 bridgehead atoms. The van der Waals surface area contributed by atoms with Gasteiger partial charge in [0, 0.05) is 18.4 Å². The molecule has 104 valence electrons. The first-order valence-corrected chi connectivity index (χ1v) is 6.69. The Kier molecular flexibility index (Phi) is 4.77. The van der Waals surface area contributed by atoms with Gasteiger partial charge in [0.2, 0.25) is 0 Å². The first-order chi connectivity index (χ1) is 8.17. The highest BCUT2D eigenvalue weighted by atomic mass is 16.6. The van der Waals surface area contributed by atoms with E-state index in [9.17, 15) is 9.59 Å². The summed E-state index contributed by atoms with van der Waals surface area (Å²) in [5.41, 5.74) is -0.457. The fourth-order valence-corrected chi connectivity index (χ4v) is 2.01. The number of carbonyl (C=O) groups is 2. The van der Waals surface area contributed by atoms with E-state index in [1.807, 2.05) is 34.6 Å². The molecule has 0 heterocycles. The van der Waals surface area contributed by atoms with Gasteiger partial charge in [0.1, 0.15) is 11.4 Å².